The van der Waals surface area contributed by atoms with Gasteiger partial charge in [-0.05, 0) is 40.5 Å². The predicted octanol–water partition coefficient (Wildman–Crippen LogP) is 6.19. The molecule has 1 aromatic heterocycles. The van der Waals surface area contributed by atoms with E-state index < -0.39 is 0 Å². The van der Waals surface area contributed by atoms with Gasteiger partial charge in [-0.2, -0.15) is 0 Å². The van der Waals surface area contributed by atoms with E-state index in [0.717, 1.165) is 35.5 Å². The fourth-order valence-corrected chi connectivity index (χ4v) is 3.72. The molecule has 0 radical (unpaired) electrons. The van der Waals surface area contributed by atoms with Gasteiger partial charge in [-0.3, -0.25) is 0 Å². The SMILES string of the molecule is c1ccc(CNCc2cccc(-c3ccc(-c4nc5ccccc5[nH]4)cc3)c2)cc1. The van der Waals surface area contributed by atoms with Crippen molar-refractivity contribution in [2.45, 2.75) is 13.1 Å². The molecule has 0 fully saturated rings. The number of aromatic nitrogens is 2. The third kappa shape index (κ3) is 4.02. The first kappa shape index (κ1) is 18.3. The Kier molecular flexibility index (Phi) is 5.11. The topological polar surface area (TPSA) is 40.7 Å². The molecule has 5 rings (SSSR count). The van der Waals surface area contributed by atoms with Crippen LogP contribution in [0.4, 0.5) is 0 Å². The van der Waals surface area contributed by atoms with Crippen LogP contribution in [0.2, 0.25) is 0 Å². The highest BCUT2D eigenvalue weighted by molar-refractivity contribution is 5.79. The van der Waals surface area contributed by atoms with E-state index in [-0.39, 0.29) is 0 Å². The summed E-state index contributed by atoms with van der Waals surface area (Å²) in [5, 5.41) is 3.53. The Balaban J connectivity index is 1.30. The number of aromatic amines is 1. The van der Waals surface area contributed by atoms with Crippen LogP contribution in [-0.2, 0) is 13.1 Å². The first-order valence-corrected chi connectivity index (χ1v) is 10.2. The van der Waals surface area contributed by atoms with Crippen molar-refractivity contribution in [2.75, 3.05) is 0 Å². The number of imidazole rings is 1. The number of H-pyrrole nitrogens is 1. The monoisotopic (exact) mass is 389 g/mol. The maximum Gasteiger partial charge on any atom is 0.138 e. The molecule has 2 N–H and O–H groups in total. The van der Waals surface area contributed by atoms with E-state index in [2.05, 4.69) is 89.2 Å². The van der Waals surface area contributed by atoms with Gasteiger partial charge < -0.3 is 10.3 Å². The molecule has 0 spiro atoms. The molecule has 0 saturated heterocycles. The molecule has 3 heteroatoms. The molecule has 146 valence electrons. The summed E-state index contributed by atoms with van der Waals surface area (Å²) >= 11 is 0. The van der Waals surface area contributed by atoms with Crippen LogP contribution < -0.4 is 5.32 Å². The third-order valence-electron chi connectivity index (χ3n) is 5.31. The second kappa shape index (κ2) is 8.36. The minimum Gasteiger partial charge on any atom is -0.338 e. The van der Waals surface area contributed by atoms with E-state index in [1.807, 2.05) is 24.3 Å². The highest BCUT2D eigenvalue weighted by Crippen LogP contribution is 2.25. The van der Waals surface area contributed by atoms with Crippen molar-refractivity contribution < 1.29 is 0 Å². The second-order valence-electron chi connectivity index (χ2n) is 7.47. The van der Waals surface area contributed by atoms with E-state index in [4.69, 9.17) is 4.98 Å². The average molecular weight is 390 g/mol. The zero-order valence-electron chi connectivity index (χ0n) is 16.7. The van der Waals surface area contributed by atoms with Gasteiger partial charge in [0.2, 0.25) is 0 Å². The van der Waals surface area contributed by atoms with Gasteiger partial charge in [0.25, 0.3) is 0 Å². The average Bonchev–Trinajstić information content (AvgIpc) is 3.25. The van der Waals surface area contributed by atoms with E-state index in [0.29, 0.717) is 0 Å². The Hall–Kier alpha value is -3.69. The van der Waals surface area contributed by atoms with Crippen LogP contribution in [0.5, 0.6) is 0 Å². The lowest BCUT2D eigenvalue weighted by atomic mass is 10.0. The number of rotatable bonds is 6. The van der Waals surface area contributed by atoms with Gasteiger partial charge in [0.1, 0.15) is 5.82 Å². The summed E-state index contributed by atoms with van der Waals surface area (Å²) < 4.78 is 0. The number of para-hydroxylation sites is 2. The highest BCUT2D eigenvalue weighted by atomic mass is 14.9. The van der Waals surface area contributed by atoms with Gasteiger partial charge in [-0.25, -0.2) is 4.98 Å². The molecule has 1 heterocycles. The van der Waals surface area contributed by atoms with Gasteiger partial charge in [-0.1, -0.05) is 84.9 Å². The summed E-state index contributed by atoms with van der Waals surface area (Å²) in [6.07, 6.45) is 0. The van der Waals surface area contributed by atoms with E-state index in [1.165, 1.54) is 22.3 Å². The van der Waals surface area contributed by atoms with Gasteiger partial charge in [0, 0.05) is 18.7 Å². The molecule has 0 aliphatic heterocycles. The molecule has 0 aliphatic rings. The largest absolute Gasteiger partial charge is 0.338 e. The number of fused-ring (bicyclic) bond motifs is 1. The number of benzene rings is 4. The number of nitrogens with one attached hydrogen (secondary N) is 2. The maximum atomic E-state index is 4.69. The molecular formula is C27H23N3. The fourth-order valence-electron chi connectivity index (χ4n) is 3.72. The van der Waals surface area contributed by atoms with E-state index in [1.54, 1.807) is 0 Å². The van der Waals surface area contributed by atoms with E-state index >= 15 is 0 Å². The van der Waals surface area contributed by atoms with Crippen LogP contribution in [0.1, 0.15) is 11.1 Å². The fraction of sp³-hybridized carbons (Fsp3) is 0.0741. The first-order valence-electron chi connectivity index (χ1n) is 10.2. The molecule has 0 aliphatic carbocycles. The van der Waals surface area contributed by atoms with Crippen molar-refractivity contribution >= 4 is 11.0 Å². The standard InChI is InChI=1S/C27H23N3/c1-2-7-20(8-3-1)18-28-19-21-9-6-10-24(17-21)22-13-15-23(16-14-22)27-29-25-11-4-5-12-26(25)30-27/h1-17,28H,18-19H2,(H,29,30). The summed E-state index contributed by atoms with van der Waals surface area (Å²) in [6, 6.07) is 35.9. The van der Waals surface area contributed by atoms with Crippen molar-refractivity contribution in [3.8, 4) is 22.5 Å². The van der Waals surface area contributed by atoms with Crippen LogP contribution in [-0.4, -0.2) is 9.97 Å². The smallest absolute Gasteiger partial charge is 0.138 e. The molecule has 5 aromatic rings. The lowest BCUT2D eigenvalue weighted by Gasteiger charge is -2.08. The molecule has 4 aromatic carbocycles. The number of hydrogen-bond acceptors (Lipinski definition) is 2. The maximum absolute atomic E-state index is 4.69. The first-order chi connectivity index (χ1) is 14.8. The lowest BCUT2D eigenvalue weighted by Crippen LogP contribution is -2.12. The molecule has 0 atom stereocenters. The minimum atomic E-state index is 0.847. The van der Waals surface area contributed by atoms with Crippen LogP contribution >= 0.6 is 0 Å². The normalized spacial score (nSPS) is 11.1. The van der Waals surface area contributed by atoms with Gasteiger partial charge in [0.15, 0.2) is 0 Å². The summed E-state index contributed by atoms with van der Waals surface area (Å²) in [5.74, 6) is 0.904. The predicted molar refractivity (Wildman–Crippen MR) is 124 cm³/mol. The quantitative estimate of drug-likeness (QED) is 0.364. The van der Waals surface area contributed by atoms with E-state index in [9.17, 15) is 0 Å². The van der Waals surface area contributed by atoms with Gasteiger partial charge >= 0.3 is 0 Å². The van der Waals surface area contributed by atoms with Crippen molar-refractivity contribution in [1.29, 1.82) is 0 Å². The molecule has 0 saturated carbocycles. The molecular weight excluding hydrogens is 366 g/mol. The van der Waals surface area contributed by atoms with Crippen molar-refractivity contribution in [3.63, 3.8) is 0 Å². The van der Waals surface area contributed by atoms with Gasteiger partial charge in [-0.15, -0.1) is 0 Å². The van der Waals surface area contributed by atoms with Crippen molar-refractivity contribution in [3.05, 3.63) is 114 Å². The molecule has 3 nitrogen and oxygen atoms in total. The summed E-state index contributed by atoms with van der Waals surface area (Å²) in [4.78, 5) is 8.09. The molecule has 0 unspecified atom stereocenters. The van der Waals surface area contributed by atoms with Crippen LogP contribution in [0.15, 0.2) is 103 Å². The third-order valence-corrected chi connectivity index (χ3v) is 5.31. The van der Waals surface area contributed by atoms with Crippen LogP contribution in [0, 0.1) is 0 Å². The van der Waals surface area contributed by atoms with Crippen LogP contribution in [0.3, 0.4) is 0 Å². The second-order valence-corrected chi connectivity index (χ2v) is 7.47. The van der Waals surface area contributed by atoms with Crippen molar-refractivity contribution in [2.24, 2.45) is 0 Å². The Morgan fingerprint density at radius 3 is 2.13 bits per heavy atom. The Labute approximate surface area is 176 Å². The Morgan fingerprint density at radius 1 is 0.600 bits per heavy atom. The highest BCUT2D eigenvalue weighted by Gasteiger charge is 2.06. The zero-order valence-corrected chi connectivity index (χ0v) is 16.7. The zero-order chi connectivity index (χ0) is 20.2. The molecule has 0 amide bonds. The van der Waals surface area contributed by atoms with Gasteiger partial charge in [0.05, 0.1) is 11.0 Å². The Morgan fingerprint density at radius 2 is 1.30 bits per heavy atom. The summed E-state index contributed by atoms with van der Waals surface area (Å²) in [6.45, 7) is 1.72. The Bertz CT molecular complexity index is 1220. The summed E-state index contributed by atoms with van der Waals surface area (Å²) in [7, 11) is 0. The lowest BCUT2D eigenvalue weighted by molar-refractivity contribution is 0.693. The minimum absolute atomic E-state index is 0.847. The number of nitrogens with zero attached hydrogens (tertiary/aromatic N) is 1. The molecule has 30 heavy (non-hydrogen) atoms. The number of hydrogen-bond donors (Lipinski definition) is 2. The molecule has 0 bridgehead atoms. The van der Waals surface area contributed by atoms with Crippen molar-refractivity contribution in [1.82, 2.24) is 15.3 Å². The summed E-state index contributed by atoms with van der Waals surface area (Å²) in [5.41, 5.74) is 8.17. The van der Waals surface area contributed by atoms with Crippen LogP contribution in [0.25, 0.3) is 33.5 Å².